The van der Waals surface area contributed by atoms with Crippen LogP contribution in [0, 0.1) is 0 Å². The Hall–Kier alpha value is -1.78. The van der Waals surface area contributed by atoms with Crippen LogP contribution in [0.3, 0.4) is 0 Å². The summed E-state index contributed by atoms with van der Waals surface area (Å²) in [7, 11) is 4.49. The van der Waals surface area contributed by atoms with Crippen LogP contribution in [0.4, 0.5) is 0 Å². The van der Waals surface area contributed by atoms with Gasteiger partial charge in [0.15, 0.2) is 0 Å². The van der Waals surface area contributed by atoms with E-state index in [0.29, 0.717) is 12.1 Å². The minimum atomic E-state index is 0.450. The van der Waals surface area contributed by atoms with E-state index < -0.39 is 0 Å². The molecule has 0 spiro atoms. The molecule has 0 N–H and O–H groups in total. The zero-order chi connectivity index (χ0) is 17.9. The molecule has 2 aromatic heterocycles. The Kier molecular flexibility index (Phi) is 5.32. The van der Waals surface area contributed by atoms with Crippen molar-refractivity contribution in [2.75, 3.05) is 27.2 Å². The molecule has 4 heterocycles. The summed E-state index contributed by atoms with van der Waals surface area (Å²) in [6, 6.07) is 9.58. The minimum Gasteiger partial charge on any atom is -0.299 e. The summed E-state index contributed by atoms with van der Waals surface area (Å²) < 4.78 is 0. The fraction of sp³-hybridized carbons (Fsp3) is 0.545. The lowest BCUT2D eigenvalue weighted by Gasteiger charge is -2.35. The molecule has 0 aliphatic carbocycles. The summed E-state index contributed by atoms with van der Waals surface area (Å²) in [6.07, 6.45) is 11.4. The van der Waals surface area contributed by atoms with Crippen molar-refractivity contribution >= 4 is 0 Å². The molecule has 2 fully saturated rings. The van der Waals surface area contributed by atoms with Crippen molar-refractivity contribution in [3.63, 3.8) is 0 Å². The number of rotatable bonds is 3. The fourth-order valence-electron chi connectivity index (χ4n) is 4.71. The van der Waals surface area contributed by atoms with Crippen molar-refractivity contribution in [3.05, 3.63) is 47.8 Å². The molecule has 2 aromatic rings. The van der Waals surface area contributed by atoms with Crippen molar-refractivity contribution < 1.29 is 0 Å². The van der Waals surface area contributed by atoms with Gasteiger partial charge in [-0.2, -0.15) is 0 Å². The maximum atomic E-state index is 4.83. The first-order valence-electron chi connectivity index (χ1n) is 10.1. The van der Waals surface area contributed by atoms with Crippen LogP contribution < -0.4 is 0 Å². The Morgan fingerprint density at radius 3 is 1.62 bits per heavy atom. The van der Waals surface area contributed by atoms with Gasteiger partial charge in [0.2, 0.25) is 0 Å². The van der Waals surface area contributed by atoms with Gasteiger partial charge in [0, 0.05) is 24.5 Å². The number of nitrogens with zero attached hydrogens (tertiary/aromatic N) is 4. The van der Waals surface area contributed by atoms with Gasteiger partial charge < -0.3 is 0 Å². The maximum Gasteiger partial charge on any atom is 0.0937 e. The summed E-state index contributed by atoms with van der Waals surface area (Å²) in [5.41, 5.74) is 4.85. The lowest BCUT2D eigenvalue weighted by atomic mass is 9.89. The Balaban J connectivity index is 1.77. The van der Waals surface area contributed by atoms with Gasteiger partial charge in [-0.1, -0.05) is 25.0 Å². The van der Waals surface area contributed by atoms with E-state index in [1.165, 1.54) is 62.7 Å². The van der Waals surface area contributed by atoms with Crippen LogP contribution in [0.2, 0.25) is 0 Å². The summed E-state index contributed by atoms with van der Waals surface area (Å²) in [5, 5.41) is 0. The number of hydrogen-bond donors (Lipinski definition) is 0. The molecule has 4 heteroatoms. The van der Waals surface area contributed by atoms with Crippen LogP contribution in [-0.4, -0.2) is 47.0 Å². The molecule has 0 radical (unpaired) electrons. The third-order valence-corrected chi connectivity index (χ3v) is 6.16. The number of likely N-dealkylation sites (tertiary alicyclic amines) is 2. The largest absolute Gasteiger partial charge is 0.299 e. The zero-order valence-electron chi connectivity index (χ0n) is 16.1. The van der Waals surface area contributed by atoms with E-state index in [1.807, 2.05) is 12.4 Å². The van der Waals surface area contributed by atoms with Gasteiger partial charge in [0.1, 0.15) is 0 Å². The Bertz CT molecular complexity index is 681. The predicted octanol–water partition coefficient (Wildman–Crippen LogP) is 4.46. The minimum absolute atomic E-state index is 0.450. The molecule has 2 atom stereocenters. The Morgan fingerprint density at radius 1 is 0.731 bits per heavy atom. The first-order valence-corrected chi connectivity index (χ1v) is 10.1. The van der Waals surface area contributed by atoms with E-state index in [2.05, 4.69) is 48.2 Å². The summed E-state index contributed by atoms with van der Waals surface area (Å²) in [4.78, 5) is 14.6. The number of piperidine rings is 2. The second-order valence-corrected chi connectivity index (χ2v) is 7.87. The highest BCUT2D eigenvalue weighted by molar-refractivity contribution is 5.64. The van der Waals surface area contributed by atoms with Crippen LogP contribution in [0.15, 0.2) is 36.7 Å². The Labute approximate surface area is 157 Å². The molecule has 26 heavy (non-hydrogen) atoms. The monoisotopic (exact) mass is 350 g/mol. The van der Waals surface area contributed by atoms with Gasteiger partial charge in [0.25, 0.3) is 0 Å². The summed E-state index contributed by atoms with van der Waals surface area (Å²) in [5.74, 6) is 0. The van der Waals surface area contributed by atoms with Gasteiger partial charge in [0.05, 0.1) is 11.4 Å². The molecule has 0 saturated carbocycles. The average Bonchev–Trinajstić information content (AvgIpc) is 2.69. The third-order valence-electron chi connectivity index (χ3n) is 6.16. The molecule has 2 aliphatic heterocycles. The second-order valence-electron chi connectivity index (χ2n) is 7.87. The first kappa shape index (κ1) is 17.6. The predicted molar refractivity (Wildman–Crippen MR) is 106 cm³/mol. The van der Waals surface area contributed by atoms with E-state index in [-0.39, 0.29) is 0 Å². The molecule has 138 valence electrons. The molecule has 0 aromatic carbocycles. The van der Waals surface area contributed by atoms with E-state index >= 15 is 0 Å². The maximum absolute atomic E-state index is 4.83. The molecular weight excluding hydrogens is 320 g/mol. The van der Waals surface area contributed by atoms with Crippen LogP contribution >= 0.6 is 0 Å². The highest BCUT2D eigenvalue weighted by atomic mass is 15.1. The molecule has 0 bridgehead atoms. The lowest BCUT2D eigenvalue weighted by Crippen LogP contribution is -2.31. The van der Waals surface area contributed by atoms with E-state index in [9.17, 15) is 0 Å². The van der Waals surface area contributed by atoms with Crippen LogP contribution in [0.5, 0.6) is 0 Å². The number of hydrogen-bond acceptors (Lipinski definition) is 4. The smallest absolute Gasteiger partial charge is 0.0937 e. The molecule has 4 rings (SSSR count). The zero-order valence-corrected chi connectivity index (χ0v) is 16.1. The standard InChI is InChI=1S/C22H30N4/c1-25-15-5-3-11-19(25)17-9-7-13-23-21(17)22-18(10-8-14-24-22)20-12-4-6-16-26(20)2/h7-10,13-14,19-20H,3-6,11-12,15-16H2,1-2H3. The molecule has 2 aliphatic rings. The van der Waals surface area contributed by atoms with Crippen molar-refractivity contribution in [1.82, 2.24) is 19.8 Å². The fourth-order valence-corrected chi connectivity index (χ4v) is 4.71. The Morgan fingerprint density at radius 2 is 1.19 bits per heavy atom. The van der Waals surface area contributed by atoms with Gasteiger partial charge in [-0.15, -0.1) is 0 Å². The second kappa shape index (κ2) is 7.85. The van der Waals surface area contributed by atoms with Crippen molar-refractivity contribution in [1.29, 1.82) is 0 Å². The van der Waals surface area contributed by atoms with Crippen molar-refractivity contribution in [3.8, 4) is 11.4 Å². The van der Waals surface area contributed by atoms with Gasteiger partial charge in [-0.05, 0) is 76.1 Å². The number of pyridine rings is 2. The van der Waals surface area contributed by atoms with Crippen LogP contribution in [0.25, 0.3) is 11.4 Å². The molecule has 2 unspecified atom stereocenters. The van der Waals surface area contributed by atoms with E-state index in [4.69, 9.17) is 9.97 Å². The highest BCUT2D eigenvalue weighted by Crippen LogP contribution is 2.39. The van der Waals surface area contributed by atoms with Crippen LogP contribution in [-0.2, 0) is 0 Å². The summed E-state index contributed by atoms with van der Waals surface area (Å²) >= 11 is 0. The van der Waals surface area contributed by atoms with E-state index in [0.717, 1.165) is 11.4 Å². The topological polar surface area (TPSA) is 32.3 Å². The molecule has 0 amide bonds. The molecule has 2 saturated heterocycles. The van der Waals surface area contributed by atoms with Gasteiger partial charge >= 0.3 is 0 Å². The lowest BCUT2D eigenvalue weighted by molar-refractivity contribution is 0.186. The molecule has 4 nitrogen and oxygen atoms in total. The summed E-state index contributed by atoms with van der Waals surface area (Å²) in [6.45, 7) is 2.33. The quantitative estimate of drug-likeness (QED) is 0.818. The third kappa shape index (κ3) is 3.40. The molecular formula is C22H30N4. The average molecular weight is 351 g/mol. The van der Waals surface area contributed by atoms with E-state index in [1.54, 1.807) is 0 Å². The number of aromatic nitrogens is 2. The normalized spacial score (nSPS) is 25.3. The van der Waals surface area contributed by atoms with Crippen LogP contribution in [0.1, 0.15) is 61.7 Å². The van der Waals surface area contributed by atoms with Crippen molar-refractivity contribution in [2.45, 2.75) is 50.6 Å². The van der Waals surface area contributed by atoms with Gasteiger partial charge in [-0.3, -0.25) is 19.8 Å². The van der Waals surface area contributed by atoms with Crippen molar-refractivity contribution in [2.24, 2.45) is 0 Å². The highest BCUT2D eigenvalue weighted by Gasteiger charge is 2.28. The van der Waals surface area contributed by atoms with Gasteiger partial charge in [-0.25, -0.2) is 0 Å². The SMILES string of the molecule is CN1CCCCC1c1cccnc1-c1ncccc1C1CCCCN1C. The first-order chi connectivity index (χ1) is 12.8.